The Bertz CT molecular complexity index is 784. The monoisotopic (exact) mass is 368 g/mol. The molecule has 0 aliphatic rings. The Balaban J connectivity index is 2.27. The highest BCUT2D eigenvalue weighted by Crippen LogP contribution is 2.28. The van der Waals surface area contributed by atoms with Gasteiger partial charge >= 0.3 is 0 Å². The second-order valence-corrected chi connectivity index (χ2v) is 8.49. The predicted molar refractivity (Wildman–Crippen MR) is 98.4 cm³/mol. The van der Waals surface area contributed by atoms with Gasteiger partial charge in [-0.2, -0.15) is 11.3 Å². The Morgan fingerprint density at radius 3 is 2.46 bits per heavy atom. The fourth-order valence-electron chi connectivity index (χ4n) is 2.46. The van der Waals surface area contributed by atoms with E-state index in [2.05, 4.69) is 4.72 Å². The van der Waals surface area contributed by atoms with Crippen molar-refractivity contribution in [2.75, 3.05) is 27.7 Å². The van der Waals surface area contributed by atoms with Crippen molar-refractivity contribution < 1.29 is 13.2 Å². The van der Waals surface area contributed by atoms with Crippen LogP contribution in [0.25, 0.3) is 0 Å². The van der Waals surface area contributed by atoms with Crippen LogP contribution in [-0.2, 0) is 10.0 Å². The van der Waals surface area contributed by atoms with E-state index in [4.69, 9.17) is 4.74 Å². The summed E-state index contributed by atoms with van der Waals surface area (Å²) in [5.74, 6) is 0.363. The molecular formula is C17H24N2O3S2. The van der Waals surface area contributed by atoms with Crippen LogP contribution in [0.2, 0.25) is 0 Å². The quantitative estimate of drug-likeness (QED) is 0.816. The average molecular weight is 369 g/mol. The summed E-state index contributed by atoms with van der Waals surface area (Å²) >= 11 is 1.60. The van der Waals surface area contributed by atoms with Crippen LogP contribution >= 0.6 is 11.3 Å². The predicted octanol–water partition coefficient (Wildman–Crippen LogP) is 2.95. The summed E-state index contributed by atoms with van der Waals surface area (Å²) in [5.41, 5.74) is 3.01. The number of likely N-dealkylation sites (N-methyl/N-ethyl adjacent to an activating group) is 1. The maximum atomic E-state index is 12.8. The molecule has 132 valence electrons. The molecule has 1 N–H and O–H groups in total. The number of rotatable bonds is 7. The summed E-state index contributed by atoms with van der Waals surface area (Å²) < 4.78 is 33.5. The van der Waals surface area contributed by atoms with Crippen LogP contribution in [0.4, 0.5) is 0 Å². The zero-order valence-corrected chi connectivity index (χ0v) is 16.3. The van der Waals surface area contributed by atoms with E-state index in [0.29, 0.717) is 12.3 Å². The largest absolute Gasteiger partial charge is 0.495 e. The summed E-state index contributed by atoms with van der Waals surface area (Å²) in [6.07, 6.45) is 0. The minimum Gasteiger partial charge on any atom is -0.495 e. The summed E-state index contributed by atoms with van der Waals surface area (Å²) in [6.45, 7) is 4.12. The number of thiophene rings is 1. The molecule has 0 amide bonds. The van der Waals surface area contributed by atoms with Crippen molar-refractivity contribution in [2.24, 2.45) is 0 Å². The first-order chi connectivity index (χ1) is 11.3. The van der Waals surface area contributed by atoms with E-state index in [0.717, 1.165) is 16.7 Å². The molecule has 0 aliphatic heterocycles. The zero-order chi connectivity index (χ0) is 17.9. The highest BCUT2D eigenvalue weighted by atomic mass is 32.2. The lowest BCUT2D eigenvalue weighted by Crippen LogP contribution is -2.34. The molecule has 1 atom stereocenters. The number of nitrogens with zero attached hydrogens (tertiary/aromatic N) is 1. The first-order valence-corrected chi connectivity index (χ1v) is 10.0. The van der Waals surface area contributed by atoms with Crippen molar-refractivity contribution in [3.63, 3.8) is 0 Å². The van der Waals surface area contributed by atoms with Crippen LogP contribution in [-0.4, -0.2) is 41.1 Å². The number of aryl methyl sites for hydroxylation is 2. The van der Waals surface area contributed by atoms with Crippen LogP contribution < -0.4 is 9.46 Å². The number of hydrogen-bond donors (Lipinski definition) is 1. The van der Waals surface area contributed by atoms with E-state index in [9.17, 15) is 8.42 Å². The SMILES string of the molecule is COc1cc(C)c(C)cc1S(=O)(=O)NCC(c1ccsc1)N(C)C. The molecule has 0 aliphatic carbocycles. The minimum absolute atomic E-state index is 0.0245. The van der Waals surface area contributed by atoms with Crippen LogP contribution in [0.15, 0.2) is 33.9 Å². The van der Waals surface area contributed by atoms with Crippen molar-refractivity contribution in [1.82, 2.24) is 9.62 Å². The van der Waals surface area contributed by atoms with Gasteiger partial charge in [0.1, 0.15) is 10.6 Å². The standard InChI is InChI=1S/C17H24N2O3S2/c1-12-8-16(22-5)17(9-13(12)2)24(20,21)18-10-15(19(3)4)14-6-7-23-11-14/h6-9,11,15,18H,10H2,1-5H3. The van der Waals surface area contributed by atoms with E-state index in [1.807, 2.05) is 49.7 Å². The van der Waals surface area contributed by atoms with Crippen molar-refractivity contribution in [1.29, 1.82) is 0 Å². The minimum atomic E-state index is -3.66. The van der Waals surface area contributed by atoms with E-state index in [1.165, 1.54) is 7.11 Å². The molecule has 1 unspecified atom stereocenters. The fraction of sp³-hybridized carbons (Fsp3) is 0.412. The molecule has 0 radical (unpaired) electrons. The maximum Gasteiger partial charge on any atom is 0.244 e. The van der Waals surface area contributed by atoms with Gasteiger partial charge in [0, 0.05) is 12.6 Å². The second-order valence-electron chi connectivity index (χ2n) is 5.98. The summed E-state index contributed by atoms with van der Waals surface area (Å²) in [6, 6.07) is 5.40. The molecule has 2 rings (SSSR count). The second kappa shape index (κ2) is 7.65. The molecule has 0 fully saturated rings. The Labute approximate surface area is 148 Å². The van der Waals surface area contributed by atoms with Gasteiger partial charge in [-0.3, -0.25) is 0 Å². The summed E-state index contributed by atoms with van der Waals surface area (Å²) in [7, 11) is 1.70. The van der Waals surface area contributed by atoms with Gasteiger partial charge in [-0.1, -0.05) is 0 Å². The molecule has 2 aromatic rings. The van der Waals surface area contributed by atoms with Gasteiger partial charge in [0.25, 0.3) is 0 Å². The highest BCUT2D eigenvalue weighted by Gasteiger charge is 2.23. The third kappa shape index (κ3) is 4.16. The lowest BCUT2D eigenvalue weighted by molar-refractivity contribution is 0.300. The van der Waals surface area contributed by atoms with Crippen LogP contribution in [0.1, 0.15) is 22.7 Å². The molecule has 0 saturated carbocycles. The molecule has 0 bridgehead atoms. The molecule has 1 aromatic carbocycles. The van der Waals surface area contributed by atoms with Crippen LogP contribution in [0.5, 0.6) is 5.75 Å². The fourth-order valence-corrected chi connectivity index (χ4v) is 4.44. The number of nitrogens with one attached hydrogen (secondary N) is 1. The average Bonchev–Trinajstić information content (AvgIpc) is 3.03. The lowest BCUT2D eigenvalue weighted by Gasteiger charge is -2.24. The first-order valence-electron chi connectivity index (χ1n) is 7.59. The normalized spacial score (nSPS) is 13.2. The first kappa shape index (κ1) is 18.9. The number of benzene rings is 1. The number of hydrogen-bond acceptors (Lipinski definition) is 5. The molecule has 5 nitrogen and oxygen atoms in total. The zero-order valence-electron chi connectivity index (χ0n) is 14.7. The Kier molecular flexibility index (Phi) is 6.03. The Hall–Kier alpha value is -1.41. The van der Waals surface area contributed by atoms with Crippen molar-refractivity contribution in [3.8, 4) is 5.75 Å². The van der Waals surface area contributed by atoms with Gasteiger partial charge in [-0.25, -0.2) is 13.1 Å². The van der Waals surface area contributed by atoms with Gasteiger partial charge in [0.05, 0.1) is 7.11 Å². The molecule has 0 saturated heterocycles. The lowest BCUT2D eigenvalue weighted by atomic mass is 10.1. The van der Waals surface area contributed by atoms with E-state index in [-0.39, 0.29) is 10.9 Å². The number of ether oxygens (including phenoxy) is 1. The molecule has 1 heterocycles. The molecule has 7 heteroatoms. The van der Waals surface area contributed by atoms with E-state index < -0.39 is 10.0 Å². The third-order valence-electron chi connectivity index (χ3n) is 4.09. The third-order valence-corrected chi connectivity index (χ3v) is 6.23. The topological polar surface area (TPSA) is 58.6 Å². The molecule has 1 aromatic heterocycles. The van der Waals surface area contributed by atoms with Gasteiger partial charge in [0.15, 0.2) is 0 Å². The smallest absolute Gasteiger partial charge is 0.244 e. The summed E-state index contributed by atoms with van der Waals surface area (Å²) in [5, 5.41) is 4.03. The Morgan fingerprint density at radius 2 is 1.92 bits per heavy atom. The Morgan fingerprint density at radius 1 is 1.25 bits per heavy atom. The van der Waals surface area contributed by atoms with Crippen molar-refractivity contribution >= 4 is 21.4 Å². The van der Waals surface area contributed by atoms with Crippen molar-refractivity contribution in [2.45, 2.75) is 24.8 Å². The van der Waals surface area contributed by atoms with E-state index >= 15 is 0 Å². The van der Waals surface area contributed by atoms with Crippen LogP contribution in [0, 0.1) is 13.8 Å². The highest BCUT2D eigenvalue weighted by molar-refractivity contribution is 7.89. The number of methoxy groups -OCH3 is 1. The number of sulfonamides is 1. The van der Waals surface area contributed by atoms with Gasteiger partial charge in [0.2, 0.25) is 10.0 Å². The molecular weight excluding hydrogens is 344 g/mol. The van der Waals surface area contributed by atoms with Crippen LogP contribution in [0.3, 0.4) is 0 Å². The van der Waals surface area contributed by atoms with E-state index in [1.54, 1.807) is 23.5 Å². The summed E-state index contributed by atoms with van der Waals surface area (Å²) in [4.78, 5) is 2.18. The maximum absolute atomic E-state index is 12.8. The van der Waals surface area contributed by atoms with Gasteiger partial charge in [-0.05, 0) is 73.6 Å². The van der Waals surface area contributed by atoms with Crippen molar-refractivity contribution in [3.05, 3.63) is 45.6 Å². The molecule has 24 heavy (non-hydrogen) atoms. The molecule has 0 spiro atoms. The van der Waals surface area contributed by atoms with Gasteiger partial charge < -0.3 is 9.64 Å². The van der Waals surface area contributed by atoms with Gasteiger partial charge in [-0.15, -0.1) is 0 Å².